The molecule has 1 aromatic rings. The molecule has 0 aliphatic heterocycles. The van der Waals surface area contributed by atoms with Gasteiger partial charge in [-0.15, -0.1) is 0 Å². The van der Waals surface area contributed by atoms with Crippen LogP contribution in [0.3, 0.4) is 0 Å². The molecule has 4 heteroatoms. The molecule has 0 unspecified atom stereocenters. The van der Waals surface area contributed by atoms with Gasteiger partial charge >= 0.3 is 0 Å². The molecule has 0 saturated heterocycles. The van der Waals surface area contributed by atoms with Crippen LogP contribution in [0, 0.1) is 0 Å². The topological polar surface area (TPSA) is 32.3 Å². The minimum Gasteiger partial charge on any atom is -0.356 e. The number of hydrogen-bond acceptors (Lipinski definition) is 2. The fourth-order valence-corrected chi connectivity index (χ4v) is 2.22. The SMILES string of the molecule is CN(C)CCCNC(=O)CC(C)(C)c1ccc(Cl)cc1. The van der Waals surface area contributed by atoms with Crippen LogP contribution in [-0.2, 0) is 10.2 Å². The lowest BCUT2D eigenvalue weighted by atomic mass is 9.81. The van der Waals surface area contributed by atoms with E-state index in [0.29, 0.717) is 6.42 Å². The molecule has 0 saturated carbocycles. The van der Waals surface area contributed by atoms with Crippen molar-refractivity contribution in [2.75, 3.05) is 27.2 Å². The second-order valence-corrected chi connectivity index (χ2v) is 6.51. The molecule has 0 radical (unpaired) electrons. The van der Waals surface area contributed by atoms with Crippen LogP contribution in [0.25, 0.3) is 0 Å². The first kappa shape index (κ1) is 17.0. The molecule has 0 spiro atoms. The molecule has 1 rings (SSSR count). The van der Waals surface area contributed by atoms with E-state index in [0.717, 1.165) is 30.1 Å². The lowest BCUT2D eigenvalue weighted by Crippen LogP contribution is -2.32. The molecule has 0 aliphatic rings. The third kappa shape index (κ3) is 5.93. The average molecular weight is 297 g/mol. The number of benzene rings is 1. The van der Waals surface area contributed by atoms with Crippen molar-refractivity contribution in [3.8, 4) is 0 Å². The molecule has 0 fully saturated rings. The zero-order chi connectivity index (χ0) is 15.2. The van der Waals surface area contributed by atoms with Crippen molar-refractivity contribution in [1.82, 2.24) is 10.2 Å². The highest BCUT2D eigenvalue weighted by Gasteiger charge is 2.23. The van der Waals surface area contributed by atoms with Gasteiger partial charge in [0.2, 0.25) is 5.91 Å². The molecule has 0 aliphatic carbocycles. The Kier molecular flexibility index (Phi) is 6.50. The summed E-state index contributed by atoms with van der Waals surface area (Å²) in [6.45, 7) is 5.87. The van der Waals surface area contributed by atoms with E-state index in [9.17, 15) is 4.79 Å². The summed E-state index contributed by atoms with van der Waals surface area (Å²) in [4.78, 5) is 14.1. The van der Waals surface area contributed by atoms with Gasteiger partial charge in [0.15, 0.2) is 0 Å². The summed E-state index contributed by atoms with van der Waals surface area (Å²) < 4.78 is 0. The molecule has 112 valence electrons. The van der Waals surface area contributed by atoms with Crippen molar-refractivity contribution >= 4 is 17.5 Å². The van der Waals surface area contributed by atoms with Gasteiger partial charge in [-0.1, -0.05) is 37.6 Å². The molecule has 0 aromatic heterocycles. The summed E-state index contributed by atoms with van der Waals surface area (Å²) in [5.41, 5.74) is 0.946. The van der Waals surface area contributed by atoms with Crippen molar-refractivity contribution in [3.63, 3.8) is 0 Å². The van der Waals surface area contributed by atoms with Gasteiger partial charge in [-0.25, -0.2) is 0 Å². The Balaban J connectivity index is 2.45. The Morgan fingerprint density at radius 1 is 1.25 bits per heavy atom. The van der Waals surface area contributed by atoms with Gasteiger partial charge in [0.1, 0.15) is 0 Å². The quantitative estimate of drug-likeness (QED) is 0.784. The number of rotatable bonds is 7. The van der Waals surface area contributed by atoms with E-state index in [1.54, 1.807) is 0 Å². The number of amides is 1. The van der Waals surface area contributed by atoms with Crippen LogP contribution in [0.15, 0.2) is 24.3 Å². The molecule has 1 N–H and O–H groups in total. The zero-order valence-corrected chi connectivity index (χ0v) is 13.6. The minimum atomic E-state index is -0.184. The molecular weight excluding hydrogens is 272 g/mol. The maximum Gasteiger partial charge on any atom is 0.220 e. The Bertz CT molecular complexity index is 427. The second-order valence-electron chi connectivity index (χ2n) is 6.07. The molecule has 1 aromatic carbocycles. The van der Waals surface area contributed by atoms with Gasteiger partial charge in [-0.05, 0) is 50.2 Å². The van der Waals surface area contributed by atoms with Crippen molar-refractivity contribution < 1.29 is 4.79 Å². The Morgan fingerprint density at radius 3 is 2.40 bits per heavy atom. The van der Waals surface area contributed by atoms with Crippen LogP contribution in [0.2, 0.25) is 5.02 Å². The van der Waals surface area contributed by atoms with Crippen LogP contribution < -0.4 is 5.32 Å². The highest BCUT2D eigenvalue weighted by atomic mass is 35.5. The van der Waals surface area contributed by atoms with Crippen LogP contribution in [0.1, 0.15) is 32.3 Å². The Morgan fingerprint density at radius 2 is 1.85 bits per heavy atom. The zero-order valence-electron chi connectivity index (χ0n) is 12.9. The summed E-state index contributed by atoms with van der Waals surface area (Å²) in [6.07, 6.45) is 1.46. The monoisotopic (exact) mass is 296 g/mol. The molecule has 20 heavy (non-hydrogen) atoms. The first-order valence-electron chi connectivity index (χ1n) is 6.99. The van der Waals surface area contributed by atoms with Gasteiger partial charge in [0.05, 0.1) is 0 Å². The third-order valence-electron chi connectivity index (χ3n) is 3.33. The van der Waals surface area contributed by atoms with E-state index in [2.05, 4.69) is 24.1 Å². The second kappa shape index (κ2) is 7.65. The largest absolute Gasteiger partial charge is 0.356 e. The van der Waals surface area contributed by atoms with Crippen molar-refractivity contribution in [2.24, 2.45) is 0 Å². The predicted molar refractivity (Wildman–Crippen MR) is 85.3 cm³/mol. The Hall–Kier alpha value is -1.06. The standard InChI is InChI=1S/C16H25ClN2O/c1-16(2,13-6-8-14(17)9-7-13)12-15(20)18-10-5-11-19(3)4/h6-9H,5,10-12H2,1-4H3,(H,18,20). The van der Waals surface area contributed by atoms with E-state index < -0.39 is 0 Å². The maximum absolute atomic E-state index is 12.0. The van der Waals surface area contributed by atoms with E-state index in [1.165, 1.54) is 0 Å². The van der Waals surface area contributed by atoms with Crippen molar-refractivity contribution in [3.05, 3.63) is 34.9 Å². The summed E-state index contributed by atoms with van der Waals surface area (Å²) in [5, 5.41) is 3.70. The van der Waals surface area contributed by atoms with Gasteiger partial charge in [0, 0.05) is 18.0 Å². The fraction of sp³-hybridized carbons (Fsp3) is 0.562. The smallest absolute Gasteiger partial charge is 0.220 e. The number of nitrogens with zero attached hydrogens (tertiary/aromatic N) is 1. The first-order valence-corrected chi connectivity index (χ1v) is 7.36. The van der Waals surface area contributed by atoms with E-state index >= 15 is 0 Å². The number of hydrogen-bond donors (Lipinski definition) is 1. The highest BCUT2D eigenvalue weighted by molar-refractivity contribution is 6.30. The molecule has 0 atom stereocenters. The number of carbonyl (C=O) groups excluding carboxylic acids is 1. The predicted octanol–water partition coefficient (Wildman–Crippen LogP) is 3.08. The summed E-state index contributed by atoms with van der Waals surface area (Å²) >= 11 is 5.89. The van der Waals surface area contributed by atoms with Crippen molar-refractivity contribution in [2.45, 2.75) is 32.1 Å². The average Bonchev–Trinajstić information content (AvgIpc) is 2.34. The van der Waals surface area contributed by atoms with Gasteiger partial charge in [0.25, 0.3) is 0 Å². The summed E-state index contributed by atoms with van der Waals surface area (Å²) in [7, 11) is 4.07. The normalized spacial score (nSPS) is 11.7. The van der Waals surface area contributed by atoms with Crippen LogP contribution in [0.5, 0.6) is 0 Å². The van der Waals surface area contributed by atoms with Gasteiger partial charge in [-0.3, -0.25) is 4.79 Å². The summed E-state index contributed by atoms with van der Waals surface area (Å²) in [5.74, 6) is 0.101. The van der Waals surface area contributed by atoms with E-state index in [-0.39, 0.29) is 11.3 Å². The van der Waals surface area contributed by atoms with Crippen molar-refractivity contribution in [1.29, 1.82) is 0 Å². The summed E-state index contributed by atoms with van der Waals surface area (Å²) in [6, 6.07) is 7.71. The maximum atomic E-state index is 12.0. The molecule has 0 heterocycles. The van der Waals surface area contributed by atoms with Gasteiger partial charge in [-0.2, -0.15) is 0 Å². The van der Waals surface area contributed by atoms with Crippen LogP contribution in [-0.4, -0.2) is 38.0 Å². The number of nitrogens with one attached hydrogen (secondary N) is 1. The molecular formula is C16H25ClN2O. The first-order chi connectivity index (χ1) is 9.31. The van der Waals surface area contributed by atoms with Crippen LogP contribution >= 0.6 is 11.6 Å². The third-order valence-corrected chi connectivity index (χ3v) is 3.58. The number of halogens is 1. The Labute approximate surface area is 127 Å². The minimum absolute atomic E-state index is 0.101. The lowest BCUT2D eigenvalue weighted by Gasteiger charge is -2.24. The molecule has 0 bridgehead atoms. The molecule has 1 amide bonds. The van der Waals surface area contributed by atoms with E-state index in [4.69, 9.17) is 11.6 Å². The lowest BCUT2D eigenvalue weighted by molar-refractivity contribution is -0.122. The molecule has 3 nitrogen and oxygen atoms in total. The van der Waals surface area contributed by atoms with Crippen LogP contribution in [0.4, 0.5) is 0 Å². The fourth-order valence-electron chi connectivity index (χ4n) is 2.09. The number of carbonyl (C=O) groups is 1. The highest BCUT2D eigenvalue weighted by Crippen LogP contribution is 2.27. The van der Waals surface area contributed by atoms with E-state index in [1.807, 2.05) is 38.4 Å². The van der Waals surface area contributed by atoms with Gasteiger partial charge < -0.3 is 10.2 Å².